The van der Waals surface area contributed by atoms with Crippen LogP contribution in [0.2, 0.25) is 0 Å². The van der Waals surface area contributed by atoms with E-state index in [1.807, 2.05) is 6.92 Å². The van der Waals surface area contributed by atoms with Crippen LogP contribution in [0.4, 0.5) is 0 Å². The highest BCUT2D eigenvalue weighted by Crippen LogP contribution is 2.18. The maximum atomic E-state index is 3.42. The fourth-order valence-corrected chi connectivity index (χ4v) is 1.45. The van der Waals surface area contributed by atoms with Crippen molar-refractivity contribution in [2.75, 3.05) is 0 Å². The van der Waals surface area contributed by atoms with Gasteiger partial charge in [-0.1, -0.05) is 56.1 Å². The first-order chi connectivity index (χ1) is 6.59. The Labute approximate surface area is 102 Å². The number of benzene rings is 1. The van der Waals surface area contributed by atoms with E-state index in [4.69, 9.17) is 0 Å². The minimum atomic E-state index is 1.11. The second-order valence-corrected chi connectivity index (χ2v) is 5.28. The third kappa shape index (κ3) is 3.81. The van der Waals surface area contributed by atoms with Crippen LogP contribution in [0.5, 0.6) is 0 Å². The van der Waals surface area contributed by atoms with E-state index in [0.29, 0.717) is 0 Å². The lowest BCUT2D eigenvalue weighted by atomic mass is 10.1. The van der Waals surface area contributed by atoms with Gasteiger partial charge in [0, 0.05) is 4.47 Å². The molecule has 14 heavy (non-hydrogen) atoms. The van der Waals surface area contributed by atoms with Gasteiger partial charge < -0.3 is 0 Å². The van der Waals surface area contributed by atoms with E-state index in [0.717, 1.165) is 8.96 Å². The molecule has 2 heteroatoms. The number of rotatable bonds is 2. The molecule has 0 N–H and O–H groups in total. The van der Waals surface area contributed by atoms with Gasteiger partial charge in [0.05, 0.1) is 0 Å². The quantitative estimate of drug-likeness (QED) is 0.662. The molecular formula is C12H12Br2. The Morgan fingerprint density at radius 2 is 1.64 bits per heavy atom. The van der Waals surface area contributed by atoms with Gasteiger partial charge in [-0.15, -0.1) is 0 Å². The molecule has 0 atom stereocenters. The summed E-state index contributed by atoms with van der Waals surface area (Å²) < 4.78 is 2.25. The molecule has 0 bridgehead atoms. The zero-order chi connectivity index (χ0) is 10.6. The molecule has 0 aromatic heterocycles. The van der Waals surface area contributed by atoms with Gasteiger partial charge in [0.2, 0.25) is 0 Å². The van der Waals surface area contributed by atoms with E-state index >= 15 is 0 Å². The maximum absolute atomic E-state index is 3.42. The summed E-state index contributed by atoms with van der Waals surface area (Å²) in [4.78, 5) is 0. The molecule has 0 aliphatic rings. The van der Waals surface area contributed by atoms with Crippen LogP contribution in [0.25, 0.3) is 5.57 Å². The smallest absolute Gasteiger partial charge is 0.0175 e. The molecule has 0 fully saturated rings. The third-order valence-electron chi connectivity index (χ3n) is 1.86. The van der Waals surface area contributed by atoms with Crippen LogP contribution in [0, 0.1) is 0 Å². The van der Waals surface area contributed by atoms with Gasteiger partial charge in [0.25, 0.3) is 0 Å². The zero-order valence-electron chi connectivity index (χ0n) is 8.22. The number of hydrogen-bond donors (Lipinski definition) is 0. The van der Waals surface area contributed by atoms with Crippen molar-refractivity contribution in [3.8, 4) is 0 Å². The lowest BCUT2D eigenvalue weighted by Gasteiger charge is -2.00. The first-order valence-electron chi connectivity index (χ1n) is 4.36. The highest BCUT2D eigenvalue weighted by atomic mass is 79.9. The topological polar surface area (TPSA) is 0 Å². The molecule has 0 radical (unpaired) electrons. The molecule has 0 saturated carbocycles. The minimum Gasteiger partial charge on any atom is -0.0579 e. The predicted molar refractivity (Wildman–Crippen MR) is 70.5 cm³/mol. The Kier molecular flexibility index (Phi) is 4.63. The molecule has 0 nitrogen and oxygen atoms in total. The monoisotopic (exact) mass is 314 g/mol. The van der Waals surface area contributed by atoms with Crippen LogP contribution in [-0.2, 0) is 0 Å². The summed E-state index contributed by atoms with van der Waals surface area (Å²) in [5, 5.41) is 0. The molecule has 0 heterocycles. The van der Waals surface area contributed by atoms with E-state index in [1.165, 1.54) is 11.1 Å². The normalized spacial score (nSPS) is 13.1. The van der Waals surface area contributed by atoms with Crippen LogP contribution in [-0.4, -0.2) is 0 Å². The van der Waals surface area contributed by atoms with Crippen molar-refractivity contribution < 1.29 is 0 Å². The molecule has 1 aromatic carbocycles. The van der Waals surface area contributed by atoms with Crippen LogP contribution < -0.4 is 0 Å². The molecular weight excluding hydrogens is 304 g/mol. The molecule has 0 saturated heterocycles. The summed E-state index contributed by atoms with van der Waals surface area (Å²) in [7, 11) is 0. The fourth-order valence-electron chi connectivity index (χ4n) is 1.05. The van der Waals surface area contributed by atoms with Crippen LogP contribution in [0.1, 0.15) is 19.4 Å². The highest BCUT2D eigenvalue weighted by Gasteiger charge is 1.93. The molecule has 0 unspecified atom stereocenters. The van der Waals surface area contributed by atoms with Crippen molar-refractivity contribution in [2.45, 2.75) is 13.8 Å². The van der Waals surface area contributed by atoms with Crippen molar-refractivity contribution in [3.05, 3.63) is 50.9 Å². The van der Waals surface area contributed by atoms with Crippen molar-refractivity contribution in [1.29, 1.82) is 0 Å². The number of hydrogen-bond acceptors (Lipinski definition) is 0. The lowest BCUT2D eigenvalue weighted by molar-refractivity contribution is 1.54. The maximum Gasteiger partial charge on any atom is 0.0175 e. The molecule has 74 valence electrons. The van der Waals surface area contributed by atoms with Gasteiger partial charge in [-0.2, -0.15) is 0 Å². The Hall–Kier alpha value is -0.340. The number of allylic oxidation sites excluding steroid dienone is 4. The standard InChI is InChI=1S/C12H12Br2/c1-9(3-4-10(2)13)11-5-7-12(14)8-6-11/h3-8H,1-2H3. The molecule has 1 rings (SSSR count). The van der Waals surface area contributed by atoms with Crippen LogP contribution in [0.3, 0.4) is 0 Å². The number of halogens is 2. The van der Waals surface area contributed by atoms with Crippen LogP contribution >= 0.6 is 31.9 Å². The summed E-state index contributed by atoms with van der Waals surface area (Å²) in [5.74, 6) is 0. The predicted octanol–water partition coefficient (Wildman–Crippen LogP) is 5.15. The van der Waals surface area contributed by atoms with E-state index in [-0.39, 0.29) is 0 Å². The van der Waals surface area contributed by atoms with E-state index in [1.54, 1.807) is 0 Å². The van der Waals surface area contributed by atoms with Crippen molar-refractivity contribution in [1.82, 2.24) is 0 Å². The fraction of sp³-hybridized carbons (Fsp3) is 0.167. The Morgan fingerprint density at radius 3 is 2.14 bits per heavy atom. The summed E-state index contributed by atoms with van der Waals surface area (Å²) >= 11 is 6.81. The Morgan fingerprint density at radius 1 is 1.07 bits per heavy atom. The SMILES string of the molecule is CC(Br)=CC=C(C)c1ccc(Br)cc1. The Bertz CT molecular complexity index is 354. The van der Waals surface area contributed by atoms with Gasteiger partial charge >= 0.3 is 0 Å². The molecule has 0 spiro atoms. The molecule has 0 amide bonds. The molecule has 1 aromatic rings. The summed E-state index contributed by atoms with van der Waals surface area (Å²) in [6.45, 7) is 4.13. The van der Waals surface area contributed by atoms with E-state index in [2.05, 4.69) is 75.2 Å². The van der Waals surface area contributed by atoms with Gasteiger partial charge in [0.1, 0.15) is 0 Å². The average Bonchev–Trinajstić information content (AvgIpc) is 2.15. The van der Waals surface area contributed by atoms with Crippen molar-refractivity contribution in [2.24, 2.45) is 0 Å². The molecule has 0 aliphatic carbocycles. The van der Waals surface area contributed by atoms with Crippen molar-refractivity contribution >= 4 is 37.4 Å². The van der Waals surface area contributed by atoms with Gasteiger partial charge in [0.15, 0.2) is 0 Å². The van der Waals surface area contributed by atoms with Crippen molar-refractivity contribution in [3.63, 3.8) is 0 Å². The second-order valence-electron chi connectivity index (χ2n) is 3.11. The Balaban J connectivity index is 2.89. The van der Waals surface area contributed by atoms with E-state index < -0.39 is 0 Å². The van der Waals surface area contributed by atoms with Gasteiger partial charge in [-0.3, -0.25) is 0 Å². The summed E-state index contributed by atoms with van der Waals surface area (Å²) in [5.41, 5.74) is 2.51. The highest BCUT2D eigenvalue weighted by molar-refractivity contribution is 9.11. The largest absolute Gasteiger partial charge is 0.0579 e. The minimum absolute atomic E-state index is 1.11. The van der Waals surface area contributed by atoms with Gasteiger partial charge in [-0.25, -0.2) is 0 Å². The second kappa shape index (κ2) is 5.52. The first-order valence-corrected chi connectivity index (χ1v) is 5.95. The lowest BCUT2D eigenvalue weighted by Crippen LogP contribution is -1.77. The average molecular weight is 316 g/mol. The summed E-state index contributed by atoms with van der Waals surface area (Å²) in [6.07, 6.45) is 4.16. The first kappa shape index (κ1) is 11.7. The van der Waals surface area contributed by atoms with Gasteiger partial charge in [-0.05, 0) is 41.6 Å². The van der Waals surface area contributed by atoms with E-state index in [9.17, 15) is 0 Å². The summed E-state index contributed by atoms with van der Waals surface area (Å²) in [6, 6.07) is 8.31. The zero-order valence-corrected chi connectivity index (χ0v) is 11.4. The van der Waals surface area contributed by atoms with Crippen LogP contribution in [0.15, 0.2) is 45.4 Å². The molecule has 0 aliphatic heterocycles. The third-order valence-corrected chi connectivity index (χ3v) is 2.66.